The van der Waals surface area contributed by atoms with Crippen LogP contribution in [0, 0.1) is 5.82 Å². The Balaban J connectivity index is 1.36. The Hall–Kier alpha value is -5.03. The van der Waals surface area contributed by atoms with E-state index >= 15 is 0 Å². The number of rotatable bonds is 7. The molecule has 2 aliphatic rings. The average Bonchev–Trinajstić information content (AvgIpc) is 3.53. The Morgan fingerprint density at radius 2 is 1.92 bits per heavy atom. The Morgan fingerprint density at radius 1 is 1.16 bits per heavy atom. The van der Waals surface area contributed by atoms with E-state index in [-0.39, 0.29) is 67.0 Å². The van der Waals surface area contributed by atoms with Gasteiger partial charge in [0.05, 0.1) is 35.2 Å². The third-order valence-electron chi connectivity index (χ3n) is 8.22. The number of aromatic hydroxyl groups is 1. The number of hydrogen-bond acceptors (Lipinski definition) is 9. The number of alkyl halides is 3. The third kappa shape index (κ3) is 6.67. The second-order valence-electron chi connectivity index (χ2n) is 11.2. The van der Waals surface area contributed by atoms with Crippen LogP contribution in [-0.2, 0) is 28.7 Å². The second-order valence-corrected chi connectivity index (χ2v) is 11.7. The number of amides is 2. The number of hydrogen-bond donors (Lipinski definition) is 2. The molecule has 6 rings (SSSR count). The summed E-state index contributed by atoms with van der Waals surface area (Å²) in [6.45, 7) is 2.82. The zero-order chi connectivity index (χ0) is 35.0. The Morgan fingerprint density at radius 3 is 2.57 bits per heavy atom. The van der Waals surface area contributed by atoms with Crippen molar-refractivity contribution in [3.63, 3.8) is 0 Å². The maximum absolute atomic E-state index is 14.4. The lowest BCUT2D eigenvalue weighted by atomic mass is 10.1. The summed E-state index contributed by atoms with van der Waals surface area (Å²) < 4.78 is 61.8. The topological polar surface area (TPSA) is 147 Å². The summed E-state index contributed by atoms with van der Waals surface area (Å²) in [5, 5.41) is 16.4. The lowest BCUT2D eigenvalue weighted by Gasteiger charge is -2.36. The van der Waals surface area contributed by atoms with Crippen LogP contribution in [0.4, 0.5) is 28.9 Å². The van der Waals surface area contributed by atoms with E-state index in [1.807, 2.05) is 0 Å². The quantitative estimate of drug-likeness (QED) is 0.275. The first-order valence-corrected chi connectivity index (χ1v) is 15.6. The highest BCUT2D eigenvalue weighted by Crippen LogP contribution is 2.36. The molecule has 2 N–H and O–H groups in total. The minimum atomic E-state index is -4.99. The summed E-state index contributed by atoms with van der Waals surface area (Å²) in [6.07, 6.45) is -1.08. The predicted molar refractivity (Wildman–Crippen MR) is 169 cm³/mol. The number of halogens is 5. The molecule has 2 amide bonds. The van der Waals surface area contributed by atoms with Crippen molar-refractivity contribution in [2.75, 3.05) is 49.6 Å². The van der Waals surface area contributed by atoms with E-state index in [9.17, 15) is 37.1 Å². The molecule has 13 nitrogen and oxygen atoms in total. The first kappa shape index (κ1) is 33.9. The largest absolute Gasteiger partial charge is 0.505 e. The van der Waals surface area contributed by atoms with E-state index in [1.165, 1.54) is 27.8 Å². The molecule has 0 spiro atoms. The fraction of sp³-hybridized carbons (Fsp3) is 0.355. The van der Waals surface area contributed by atoms with Crippen LogP contribution >= 0.6 is 11.6 Å². The van der Waals surface area contributed by atoms with Gasteiger partial charge in [-0.2, -0.15) is 22.7 Å². The molecule has 1 fully saturated rings. The number of piperazine rings is 1. The van der Waals surface area contributed by atoms with Crippen LogP contribution in [0.3, 0.4) is 0 Å². The molecule has 4 aromatic rings. The molecule has 49 heavy (non-hydrogen) atoms. The van der Waals surface area contributed by atoms with Crippen molar-refractivity contribution >= 4 is 46.1 Å². The van der Waals surface area contributed by atoms with Gasteiger partial charge in [0, 0.05) is 32.4 Å². The molecule has 0 aliphatic carbocycles. The van der Waals surface area contributed by atoms with Gasteiger partial charge < -0.3 is 29.5 Å². The Labute approximate surface area is 280 Å². The van der Waals surface area contributed by atoms with Gasteiger partial charge in [0.25, 0.3) is 11.5 Å². The van der Waals surface area contributed by atoms with Crippen LogP contribution in [0.25, 0.3) is 11.4 Å². The molecule has 0 atom stereocenters. The zero-order valence-corrected chi connectivity index (χ0v) is 26.7. The molecule has 1 saturated heterocycles. The standard InChI is InChI=1S/C31H29ClF4N8O5/c1-2-22-26(41-8-10-42(11-9-41)28(47)25-23(45)4-3-7-37-25)29(48)44-30(39-27(40-44)17-5-12-49-13-6-17)43(22)16-24(46)38-21-15-20(33)18(14-19(21)32)31(34,35)36/h3-5,7,14-15,45H,2,6,8-13,16H2,1H3,(H,38,46). The summed E-state index contributed by atoms with van der Waals surface area (Å²) in [4.78, 5) is 52.4. The van der Waals surface area contributed by atoms with Crippen molar-refractivity contribution in [3.05, 3.63) is 80.5 Å². The molecular formula is C31H29ClF4N8O5. The molecule has 5 heterocycles. The van der Waals surface area contributed by atoms with Crippen LogP contribution in [0.15, 0.2) is 41.3 Å². The van der Waals surface area contributed by atoms with E-state index in [1.54, 1.807) is 17.9 Å². The lowest BCUT2D eigenvalue weighted by Crippen LogP contribution is -2.51. The van der Waals surface area contributed by atoms with Gasteiger partial charge in [-0.05, 0) is 42.7 Å². The smallest absolute Gasteiger partial charge is 0.419 e. The summed E-state index contributed by atoms with van der Waals surface area (Å²) in [6, 6.07) is 3.76. The minimum absolute atomic E-state index is 0.0345. The van der Waals surface area contributed by atoms with E-state index in [2.05, 4.69) is 20.4 Å². The maximum atomic E-state index is 14.4. The van der Waals surface area contributed by atoms with E-state index < -0.39 is 46.5 Å². The van der Waals surface area contributed by atoms with Gasteiger partial charge >= 0.3 is 6.18 Å². The number of benzene rings is 1. The van der Waals surface area contributed by atoms with E-state index in [4.69, 9.17) is 16.3 Å². The average molecular weight is 705 g/mol. The molecular weight excluding hydrogens is 676 g/mol. The first-order chi connectivity index (χ1) is 23.4. The molecule has 0 saturated carbocycles. The molecule has 1 aromatic carbocycles. The van der Waals surface area contributed by atoms with Gasteiger partial charge in [-0.3, -0.25) is 14.4 Å². The van der Waals surface area contributed by atoms with Gasteiger partial charge in [-0.1, -0.05) is 24.6 Å². The molecule has 0 unspecified atom stereocenters. The van der Waals surface area contributed by atoms with Gasteiger partial charge in [0.2, 0.25) is 11.7 Å². The molecule has 0 bridgehead atoms. The molecule has 2 aliphatic heterocycles. The number of ether oxygens (including phenoxy) is 1. The highest BCUT2D eigenvalue weighted by atomic mass is 35.5. The van der Waals surface area contributed by atoms with Crippen molar-refractivity contribution in [1.82, 2.24) is 29.0 Å². The fourth-order valence-corrected chi connectivity index (χ4v) is 6.04. The zero-order valence-electron chi connectivity index (χ0n) is 25.9. The van der Waals surface area contributed by atoms with Crippen molar-refractivity contribution < 1.29 is 37.0 Å². The number of fused-ring (bicyclic) bond motifs is 1. The normalized spacial score (nSPS) is 15.4. The van der Waals surface area contributed by atoms with Gasteiger partial charge in [0.15, 0.2) is 11.5 Å². The highest BCUT2D eigenvalue weighted by molar-refractivity contribution is 6.33. The summed E-state index contributed by atoms with van der Waals surface area (Å²) in [5.41, 5.74) is -1.20. The number of carbonyl (C=O) groups is 2. The maximum Gasteiger partial charge on any atom is 0.419 e. The second kappa shape index (κ2) is 13.5. The van der Waals surface area contributed by atoms with Crippen LogP contribution in [0.5, 0.6) is 5.75 Å². The third-order valence-corrected chi connectivity index (χ3v) is 8.53. The van der Waals surface area contributed by atoms with Crippen LogP contribution in [0.2, 0.25) is 5.02 Å². The summed E-state index contributed by atoms with van der Waals surface area (Å²) in [7, 11) is 0. The lowest BCUT2D eigenvalue weighted by molar-refractivity contribution is -0.140. The summed E-state index contributed by atoms with van der Waals surface area (Å²) >= 11 is 6.00. The number of carbonyl (C=O) groups excluding carboxylic acids is 2. The SMILES string of the molecule is CCc1c(N2CCN(C(=O)c3ncccc3O)CC2)c(=O)n2nc(C3=CCOCC3)nc2n1CC(=O)Nc1cc(F)c(C(F)(F)F)cc1Cl. The Kier molecular flexibility index (Phi) is 9.30. The number of aromatic nitrogens is 5. The first-order valence-electron chi connectivity index (χ1n) is 15.2. The molecule has 3 aromatic heterocycles. The van der Waals surface area contributed by atoms with Crippen molar-refractivity contribution in [1.29, 1.82) is 0 Å². The number of pyridine rings is 1. The van der Waals surface area contributed by atoms with Crippen LogP contribution in [-0.4, -0.2) is 85.4 Å². The molecule has 258 valence electrons. The van der Waals surface area contributed by atoms with Crippen molar-refractivity contribution in [2.24, 2.45) is 0 Å². The van der Waals surface area contributed by atoms with Gasteiger partial charge in [0.1, 0.15) is 23.8 Å². The molecule has 18 heteroatoms. The monoisotopic (exact) mass is 704 g/mol. The predicted octanol–water partition coefficient (Wildman–Crippen LogP) is 3.77. The number of anilines is 2. The summed E-state index contributed by atoms with van der Waals surface area (Å²) in [5.74, 6) is -2.83. The van der Waals surface area contributed by atoms with Crippen molar-refractivity contribution in [2.45, 2.75) is 32.5 Å². The minimum Gasteiger partial charge on any atom is -0.505 e. The van der Waals surface area contributed by atoms with Crippen LogP contribution < -0.4 is 15.8 Å². The van der Waals surface area contributed by atoms with Crippen molar-refractivity contribution in [3.8, 4) is 5.75 Å². The highest BCUT2D eigenvalue weighted by Gasteiger charge is 2.35. The number of nitrogens with one attached hydrogen (secondary N) is 1. The fourth-order valence-electron chi connectivity index (χ4n) is 5.83. The van der Waals surface area contributed by atoms with Gasteiger partial charge in [-0.25, -0.2) is 9.37 Å². The molecule has 0 radical (unpaired) electrons. The Bertz CT molecular complexity index is 2040. The number of nitrogens with zero attached hydrogens (tertiary/aromatic N) is 7. The van der Waals surface area contributed by atoms with Crippen LogP contribution in [0.1, 0.15) is 40.9 Å². The van der Waals surface area contributed by atoms with E-state index in [0.717, 1.165) is 10.1 Å². The van der Waals surface area contributed by atoms with Gasteiger partial charge in [-0.15, -0.1) is 5.10 Å². The van der Waals surface area contributed by atoms with E-state index in [0.29, 0.717) is 37.5 Å².